The molecule has 4 nitrogen and oxygen atoms in total. The van der Waals surface area contributed by atoms with E-state index in [-0.39, 0.29) is 6.04 Å². The van der Waals surface area contributed by atoms with E-state index < -0.39 is 0 Å². The van der Waals surface area contributed by atoms with E-state index in [4.69, 9.17) is 5.73 Å². The average molecular weight is 180 g/mol. The van der Waals surface area contributed by atoms with Crippen LogP contribution in [0.15, 0.2) is 12.4 Å². The third kappa shape index (κ3) is 3.38. The van der Waals surface area contributed by atoms with Crippen molar-refractivity contribution >= 4 is 5.82 Å². The number of anilines is 1. The van der Waals surface area contributed by atoms with Gasteiger partial charge in [0.1, 0.15) is 12.1 Å². The number of rotatable bonds is 4. The molecule has 1 aromatic heterocycles. The predicted molar refractivity (Wildman–Crippen MR) is 53.5 cm³/mol. The maximum absolute atomic E-state index is 5.75. The van der Waals surface area contributed by atoms with Gasteiger partial charge in [0.2, 0.25) is 0 Å². The number of nitrogens with zero attached hydrogens (tertiary/aromatic N) is 2. The van der Waals surface area contributed by atoms with Crippen LogP contribution in [-0.2, 0) is 0 Å². The molecule has 4 heteroatoms. The van der Waals surface area contributed by atoms with Gasteiger partial charge in [-0.25, -0.2) is 9.97 Å². The van der Waals surface area contributed by atoms with Gasteiger partial charge >= 0.3 is 0 Å². The zero-order valence-corrected chi connectivity index (χ0v) is 8.12. The van der Waals surface area contributed by atoms with E-state index in [2.05, 4.69) is 22.2 Å². The Morgan fingerprint density at radius 3 is 2.92 bits per heavy atom. The van der Waals surface area contributed by atoms with Gasteiger partial charge in [-0.05, 0) is 13.3 Å². The lowest BCUT2D eigenvalue weighted by molar-refractivity contribution is 0.677. The molecule has 13 heavy (non-hydrogen) atoms. The summed E-state index contributed by atoms with van der Waals surface area (Å²) in [5.41, 5.74) is 6.71. The monoisotopic (exact) mass is 180 g/mol. The molecule has 0 aliphatic heterocycles. The van der Waals surface area contributed by atoms with Crippen molar-refractivity contribution in [3.63, 3.8) is 0 Å². The summed E-state index contributed by atoms with van der Waals surface area (Å²) in [5, 5.41) is 3.16. The van der Waals surface area contributed by atoms with Gasteiger partial charge in [-0.1, -0.05) is 6.92 Å². The molecule has 3 N–H and O–H groups in total. The summed E-state index contributed by atoms with van der Waals surface area (Å²) in [5.74, 6) is 0.844. The van der Waals surface area contributed by atoms with Gasteiger partial charge in [0.15, 0.2) is 0 Å². The molecule has 0 saturated carbocycles. The third-order valence-corrected chi connectivity index (χ3v) is 1.87. The number of aromatic nitrogens is 2. The van der Waals surface area contributed by atoms with Crippen LogP contribution >= 0.6 is 0 Å². The summed E-state index contributed by atoms with van der Waals surface area (Å²) in [6, 6.07) is 2.10. The molecule has 0 fully saturated rings. The highest BCUT2D eigenvalue weighted by Gasteiger charge is 1.99. The maximum atomic E-state index is 5.75. The average Bonchev–Trinajstić information content (AvgIpc) is 2.14. The summed E-state index contributed by atoms with van der Waals surface area (Å²) in [7, 11) is 0. The molecule has 1 atom stereocenters. The molecule has 0 aliphatic rings. The SMILES string of the molecule is CCC(N)CNc1cc(C)ncn1. The zero-order chi connectivity index (χ0) is 9.68. The van der Waals surface area contributed by atoms with Crippen molar-refractivity contribution in [3.8, 4) is 0 Å². The Hall–Kier alpha value is -1.16. The molecule has 0 saturated heterocycles. The van der Waals surface area contributed by atoms with Gasteiger partial charge in [-0.3, -0.25) is 0 Å². The first kappa shape index (κ1) is 9.92. The minimum absolute atomic E-state index is 0.190. The molecule has 1 unspecified atom stereocenters. The number of nitrogens with one attached hydrogen (secondary N) is 1. The van der Waals surface area contributed by atoms with Crippen molar-refractivity contribution in [2.75, 3.05) is 11.9 Å². The first-order valence-electron chi connectivity index (χ1n) is 4.50. The molecular formula is C9H16N4. The first-order chi connectivity index (χ1) is 6.22. The highest BCUT2D eigenvalue weighted by atomic mass is 15.0. The zero-order valence-electron chi connectivity index (χ0n) is 8.12. The van der Waals surface area contributed by atoms with Gasteiger partial charge < -0.3 is 11.1 Å². The Bertz CT molecular complexity index is 262. The quantitative estimate of drug-likeness (QED) is 0.723. The highest BCUT2D eigenvalue weighted by Crippen LogP contribution is 2.02. The lowest BCUT2D eigenvalue weighted by Gasteiger charge is -2.10. The third-order valence-electron chi connectivity index (χ3n) is 1.87. The lowest BCUT2D eigenvalue weighted by atomic mass is 10.2. The van der Waals surface area contributed by atoms with Crippen LogP contribution in [0.3, 0.4) is 0 Å². The summed E-state index contributed by atoms with van der Waals surface area (Å²) in [6.07, 6.45) is 2.52. The van der Waals surface area contributed by atoms with Crippen LogP contribution in [0.4, 0.5) is 5.82 Å². The van der Waals surface area contributed by atoms with Crippen molar-refractivity contribution in [2.45, 2.75) is 26.3 Å². The van der Waals surface area contributed by atoms with Crippen LogP contribution in [0.2, 0.25) is 0 Å². The second-order valence-corrected chi connectivity index (χ2v) is 3.09. The van der Waals surface area contributed by atoms with Gasteiger partial charge in [0.05, 0.1) is 0 Å². The molecule has 1 aromatic rings. The fraction of sp³-hybridized carbons (Fsp3) is 0.556. The second-order valence-electron chi connectivity index (χ2n) is 3.09. The molecule has 0 radical (unpaired) electrons. The van der Waals surface area contributed by atoms with E-state index in [1.165, 1.54) is 0 Å². The maximum Gasteiger partial charge on any atom is 0.129 e. The van der Waals surface area contributed by atoms with Gasteiger partial charge in [-0.2, -0.15) is 0 Å². The summed E-state index contributed by atoms with van der Waals surface area (Å²) in [6.45, 7) is 4.76. The molecule has 0 aliphatic carbocycles. The molecule has 0 spiro atoms. The molecular weight excluding hydrogens is 164 g/mol. The van der Waals surface area contributed by atoms with Gasteiger partial charge in [-0.15, -0.1) is 0 Å². The van der Waals surface area contributed by atoms with Crippen LogP contribution in [0.5, 0.6) is 0 Å². The predicted octanol–water partition coefficient (Wildman–Crippen LogP) is 0.934. The molecule has 1 rings (SSSR count). The summed E-state index contributed by atoms with van der Waals surface area (Å²) < 4.78 is 0. The first-order valence-corrected chi connectivity index (χ1v) is 4.50. The molecule has 0 amide bonds. The number of aryl methyl sites for hydroxylation is 1. The Balaban J connectivity index is 2.45. The number of nitrogens with two attached hydrogens (primary N) is 1. The molecule has 0 aromatic carbocycles. The van der Waals surface area contributed by atoms with Crippen molar-refractivity contribution in [1.29, 1.82) is 0 Å². The van der Waals surface area contributed by atoms with Crippen LogP contribution < -0.4 is 11.1 Å². The van der Waals surface area contributed by atoms with Crippen LogP contribution in [0, 0.1) is 6.92 Å². The van der Waals surface area contributed by atoms with E-state index in [0.717, 1.165) is 24.5 Å². The van der Waals surface area contributed by atoms with E-state index in [1.807, 2.05) is 13.0 Å². The standard InChI is InChI=1S/C9H16N4/c1-3-8(10)5-11-9-4-7(2)12-6-13-9/h4,6,8H,3,5,10H2,1-2H3,(H,11,12,13). The van der Waals surface area contributed by atoms with E-state index >= 15 is 0 Å². The number of hydrogen-bond donors (Lipinski definition) is 2. The fourth-order valence-corrected chi connectivity index (χ4v) is 0.931. The highest BCUT2D eigenvalue weighted by molar-refractivity contribution is 5.34. The molecule has 1 heterocycles. The Morgan fingerprint density at radius 1 is 1.54 bits per heavy atom. The smallest absolute Gasteiger partial charge is 0.129 e. The summed E-state index contributed by atoms with van der Waals surface area (Å²) in [4.78, 5) is 8.07. The second kappa shape index (κ2) is 4.77. The Labute approximate surface area is 78.6 Å². The Kier molecular flexibility index (Phi) is 3.64. The van der Waals surface area contributed by atoms with Crippen LogP contribution in [-0.4, -0.2) is 22.6 Å². The summed E-state index contributed by atoms with van der Waals surface area (Å²) >= 11 is 0. The minimum atomic E-state index is 0.190. The van der Waals surface area contributed by atoms with Gasteiger partial charge in [0, 0.05) is 24.3 Å². The van der Waals surface area contributed by atoms with Crippen molar-refractivity contribution in [1.82, 2.24) is 9.97 Å². The lowest BCUT2D eigenvalue weighted by Crippen LogP contribution is -2.28. The van der Waals surface area contributed by atoms with Crippen LogP contribution in [0.1, 0.15) is 19.0 Å². The number of hydrogen-bond acceptors (Lipinski definition) is 4. The molecule has 72 valence electrons. The Morgan fingerprint density at radius 2 is 2.31 bits per heavy atom. The van der Waals surface area contributed by atoms with Crippen molar-refractivity contribution in [3.05, 3.63) is 18.1 Å². The van der Waals surface area contributed by atoms with Crippen molar-refractivity contribution in [2.24, 2.45) is 5.73 Å². The van der Waals surface area contributed by atoms with E-state index in [0.29, 0.717) is 0 Å². The normalized spacial score (nSPS) is 12.5. The van der Waals surface area contributed by atoms with E-state index in [1.54, 1.807) is 6.33 Å². The molecule has 0 bridgehead atoms. The minimum Gasteiger partial charge on any atom is -0.368 e. The van der Waals surface area contributed by atoms with Gasteiger partial charge in [0.25, 0.3) is 0 Å². The van der Waals surface area contributed by atoms with Crippen LogP contribution in [0.25, 0.3) is 0 Å². The largest absolute Gasteiger partial charge is 0.368 e. The fourth-order valence-electron chi connectivity index (χ4n) is 0.931. The van der Waals surface area contributed by atoms with E-state index in [9.17, 15) is 0 Å². The topological polar surface area (TPSA) is 63.8 Å². The van der Waals surface area contributed by atoms with Crippen molar-refractivity contribution < 1.29 is 0 Å².